The van der Waals surface area contributed by atoms with Crippen molar-refractivity contribution in [2.45, 2.75) is 31.6 Å². The number of halogens is 2. The number of hydrogen-bond donors (Lipinski definition) is 1. The number of carbonyl (C=O) groups is 1. The Morgan fingerprint density at radius 3 is 2.79 bits per heavy atom. The van der Waals surface area contributed by atoms with Crippen molar-refractivity contribution in [1.82, 2.24) is 4.90 Å². The molecule has 3 aliphatic heterocycles. The minimum atomic E-state index is -0.212. The van der Waals surface area contributed by atoms with Gasteiger partial charge in [-0.15, -0.1) is 0 Å². The van der Waals surface area contributed by atoms with Crippen LogP contribution in [-0.4, -0.2) is 43.2 Å². The third-order valence-corrected chi connectivity index (χ3v) is 6.79. The number of amides is 1. The molecule has 28 heavy (non-hydrogen) atoms. The summed E-state index contributed by atoms with van der Waals surface area (Å²) in [6, 6.07) is 11.8. The van der Waals surface area contributed by atoms with E-state index in [2.05, 4.69) is 40.2 Å². The van der Waals surface area contributed by atoms with Gasteiger partial charge in [-0.3, -0.25) is 4.79 Å². The van der Waals surface area contributed by atoms with Crippen molar-refractivity contribution < 1.29 is 4.79 Å². The molecule has 1 N–H and O–H groups in total. The SMILES string of the molecule is CCN1CC2CC(=O)N(C)C(c3ccc(Cl)cc3Cl)C3Nc4cccc1c4N23. The number of nitrogens with one attached hydrogen (secondary N) is 1. The summed E-state index contributed by atoms with van der Waals surface area (Å²) in [4.78, 5) is 19.7. The largest absolute Gasteiger partial charge is 0.368 e. The molecule has 3 heterocycles. The summed E-state index contributed by atoms with van der Waals surface area (Å²) in [6.07, 6.45) is 0.413. The molecule has 0 bridgehead atoms. The van der Waals surface area contributed by atoms with Crippen LogP contribution in [-0.2, 0) is 4.79 Å². The van der Waals surface area contributed by atoms with E-state index < -0.39 is 0 Å². The Bertz CT molecular complexity index is 965. The summed E-state index contributed by atoms with van der Waals surface area (Å²) in [7, 11) is 1.87. The van der Waals surface area contributed by atoms with Crippen LogP contribution in [0.4, 0.5) is 17.1 Å². The van der Waals surface area contributed by atoms with Crippen molar-refractivity contribution in [1.29, 1.82) is 0 Å². The molecule has 5 nitrogen and oxygen atoms in total. The Hall–Kier alpha value is -2.11. The lowest BCUT2D eigenvalue weighted by Crippen LogP contribution is -2.53. The van der Waals surface area contributed by atoms with E-state index in [4.69, 9.17) is 23.2 Å². The molecule has 3 unspecified atom stereocenters. The summed E-state index contributed by atoms with van der Waals surface area (Å²) >= 11 is 12.7. The normalized spacial score (nSPS) is 25.5. The van der Waals surface area contributed by atoms with Crippen LogP contribution in [0.15, 0.2) is 36.4 Å². The van der Waals surface area contributed by atoms with Crippen LogP contribution < -0.4 is 15.1 Å². The maximum atomic E-state index is 13.1. The number of rotatable bonds is 2. The highest BCUT2D eigenvalue weighted by atomic mass is 35.5. The fraction of sp³-hybridized carbons (Fsp3) is 0.381. The van der Waals surface area contributed by atoms with Crippen LogP contribution in [0.25, 0.3) is 0 Å². The standard InChI is InChI=1S/C21H22Cl2N4O/c1-3-26-11-13-10-18(28)25(2)19(14-8-7-12(22)9-15(14)23)21-24-16-5-4-6-17(26)20(16)27(13)21/h4-9,13,19,21,24H,3,10-11H2,1-2H3. The molecule has 146 valence electrons. The zero-order chi connectivity index (χ0) is 19.6. The van der Waals surface area contributed by atoms with E-state index in [9.17, 15) is 4.79 Å². The molecular formula is C21H22Cl2N4O. The Balaban J connectivity index is 1.68. The van der Waals surface area contributed by atoms with E-state index in [0.29, 0.717) is 16.5 Å². The first-order valence-corrected chi connectivity index (χ1v) is 10.4. The van der Waals surface area contributed by atoms with Gasteiger partial charge >= 0.3 is 0 Å². The third-order valence-electron chi connectivity index (χ3n) is 6.22. The van der Waals surface area contributed by atoms with Gasteiger partial charge < -0.3 is 20.0 Å². The smallest absolute Gasteiger partial charge is 0.225 e. The summed E-state index contributed by atoms with van der Waals surface area (Å²) in [5.74, 6) is 0.134. The quantitative estimate of drug-likeness (QED) is 0.788. The molecule has 1 fully saturated rings. The lowest BCUT2D eigenvalue weighted by molar-refractivity contribution is -0.131. The number of carbonyl (C=O) groups excluding carboxylic acids is 1. The number of para-hydroxylation sites is 1. The zero-order valence-corrected chi connectivity index (χ0v) is 17.3. The Morgan fingerprint density at radius 1 is 1.21 bits per heavy atom. The number of likely N-dealkylation sites (N-methyl/N-ethyl adjacent to an activating group) is 2. The fourth-order valence-corrected chi connectivity index (χ4v) is 5.44. The first kappa shape index (κ1) is 18.0. The van der Waals surface area contributed by atoms with Crippen molar-refractivity contribution in [2.24, 2.45) is 0 Å². The van der Waals surface area contributed by atoms with Gasteiger partial charge in [-0.25, -0.2) is 0 Å². The third kappa shape index (κ3) is 2.49. The van der Waals surface area contributed by atoms with Gasteiger partial charge in [-0.2, -0.15) is 0 Å². The number of anilines is 3. The highest BCUT2D eigenvalue weighted by Gasteiger charge is 2.49. The first-order chi connectivity index (χ1) is 13.5. The number of nitrogens with zero attached hydrogens (tertiary/aromatic N) is 3. The van der Waals surface area contributed by atoms with Gasteiger partial charge in [0.05, 0.1) is 29.1 Å². The topological polar surface area (TPSA) is 38.8 Å². The van der Waals surface area contributed by atoms with E-state index in [0.717, 1.165) is 24.3 Å². The Kier molecular flexibility index (Phi) is 4.14. The molecular weight excluding hydrogens is 395 g/mol. The highest BCUT2D eigenvalue weighted by Crippen LogP contribution is 2.51. The van der Waals surface area contributed by atoms with Crippen LogP contribution in [0, 0.1) is 0 Å². The molecule has 0 radical (unpaired) electrons. The monoisotopic (exact) mass is 416 g/mol. The average molecular weight is 417 g/mol. The van der Waals surface area contributed by atoms with Crippen LogP contribution in [0.3, 0.4) is 0 Å². The lowest BCUT2D eigenvalue weighted by Gasteiger charge is -2.44. The van der Waals surface area contributed by atoms with Gasteiger partial charge in [0.2, 0.25) is 5.91 Å². The molecule has 1 amide bonds. The van der Waals surface area contributed by atoms with E-state index in [1.54, 1.807) is 6.07 Å². The maximum Gasteiger partial charge on any atom is 0.225 e. The number of benzene rings is 2. The molecule has 0 aromatic heterocycles. The average Bonchev–Trinajstić information content (AvgIpc) is 3.02. The van der Waals surface area contributed by atoms with Gasteiger partial charge in [-0.05, 0) is 36.8 Å². The van der Waals surface area contributed by atoms with Crippen LogP contribution in [0.1, 0.15) is 24.9 Å². The van der Waals surface area contributed by atoms with Gasteiger partial charge in [0.1, 0.15) is 6.17 Å². The summed E-state index contributed by atoms with van der Waals surface area (Å²) in [5.41, 5.74) is 4.45. The first-order valence-electron chi connectivity index (χ1n) is 9.63. The maximum absolute atomic E-state index is 13.1. The second-order valence-electron chi connectivity index (χ2n) is 7.68. The molecule has 0 spiro atoms. The van der Waals surface area contributed by atoms with Gasteiger partial charge in [0.15, 0.2) is 0 Å². The second kappa shape index (κ2) is 6.46. The minimum Gasteiger partial charge on any atom is -0.368 e. The zero-order valence-electron chi connectivity index (χ0n) is 15.8. The molecule has 0 saturated carbocycles. The van der Waals surface area contributed by atoms with Crippen molar-refractivity contribution in [3.8, 4) is 0 Å². The summed E-state index contributed by atoms with van der Waals surface area (Å²) in [6.45, 7) is 3.92. The van der Waals surface area contributed by atoms with Crippen LogP contribution in [0.5, 0.6) is 0 Å². The van der Waals surface area contributed by atoms with E-state index in [1.165, 1.54) is 11.4 Å². The summed E-state index contributed by atoms with van der Waals surface area (Å²) < 4.78 is 0. The lowest BCUT2D eigenvalue weighted by atomic mass is 10.0. The predicted octanol–water partition coefficient (Wildman–Crippen LogP) is 4.36. The van der Waals surface area contributed by atoms with E-state index in [1.807, 2.05) is 24.1 Å². The van der Waals surface area contributed by atoms with Gasteiger partial charge in [0, 0.05) is 36.6 Å². The molecule has 7 heteroatoms. The highest BCUT2D eigenvalue weighted by molar-refractivity contribution is 6.35. The second-order valence-corrected chi connectivity index (χ2v) is 8.53. The number of hydrogen-bond acceptors (Lipinski definition) is 4. The Labute approximate surface area is 174 Å². The predicted molar refractivity (Wildman–Crippen MR) is 115 cm³/mol. The molecule has 3 aliphatic rings. The van der Waals surface area contributed by atoms with E-state index >= 15 is 0 Å². The fourth-order valence-electron chi connectivity index (χ4n) is 4.92. The molecule has 1 saturated heterocycles. The summed E-state index contributed by atoms with van der Waals surface area (Å²) in [5, 5.41) is 4.86. The molecule has 5 rings (SSSR count). The molecule has 2 aromatic carbocycles. The van der Waals surface area contributed by atoms with Gasteiger partial charge in [-0.1, -0.05) is 35.3 Å². The van der Waals surface area contributed by atoms with Crippen LogP contribution in [0.2, 0.25) is 10.0 Å². The minimum absolute atomic E-state index is 0.0738. The van der Waals surface area contributed by atoms with Crippen molar-refractivity contribution in [3.05, 3.63) is 52.0 Å². The molecule has 0 aliphatic carbocycles. The Morgan fingerprint density at radius 2 is 2.04 bits per heavy atom. The van der Waals surface area contributed by atoms with Gasteiger partial charge in [0.25, 0.3) is 0 Å². The molecule has 3 atom stereocenters. The molecule has 2 aromatic rings. The van der Waals surface area contributed by atoms with E-state index in [-0.39, 0.29) is 24.2 Å². The van der Waals surface area contributed by atoms with Crippen molar-refractivity contribution in [2.75, 3.05) is 35.3 Å². The van der Waals surface area contributed by atoms with Crippen LogP contribution >= 0.6 is 23.2 Å². The van der Waals surface area contributed by atoms with Crippen molar-refractivity contribution >= 4 is 46.2 Å². The van der Waals surface area contributed by atoms with Crippen molar-refractivity contribution in [3.63, 3.8) is 0 Å².